The molecule has 1 saturated heterocycles. The van der Waals surface area contributed by atoms with Gasteiger partial charge in [-0.3, -0.25) is 4.79 Å². The highest BCUT2D eigenvalue weighted by Gasteiger charge is 2.29. The number of nitrogens with one attached hydrogen (secondary N) is 1. The Hall–Kier alpha value is -1.35. The molecule has 1 unspecified atom stereocenters. The van der Waals surface area contributed by atoms with Crippen LogP contribution in [0, 0.1) is 0 Å². The largest absolute Gasteiger partial charge is 0.366 e. The number of carbonyl (C=O) groups excluding carboxylic acids is 1. The highest BCUT2D eigenvalue weighted by molar-refractivity contribution is 5.92. The van der Waals surface area contributed by atoms with Gasteiger partial charge < -0.3 is 11.1 Å². The van der Waals surface area contributed by atoms with Gasteiger partial charge in [0.1, 0.15) is 0 Å². The molecule has 0 aromatic heterocycles. The van der Waals surface area contributed by atoms with Crippen molar-refractivity contribution in [3.05, 3.63) is 35.4 Å². The van der Waals surface area contributed by atoms with Gasteiger partial charge in [0.25, 0.3) is 0 Å². The molecule has 1 aromatic carbocycles. The summed E-state index contributed by atoms with van der Waals surface area (Å²) in [5, 5.41) is 3.48. The Bertz CT molecular complexity index is 364. The third kappa shape index (κ3) is 1.88. The second kappa shape index (κ2) is 3.66. The summed E-state index contributed by atoms with van der Waals surface area (Å²) in [6, 6.07) is 7.56. The van der Waals surface area contributed by atoms with Crippen molar-refractivity contribution < 1.29 is 4.79 Å². The molecular formula is C12H16N2O. The maximum atomic E-state index is 10.9. The predicted molar refractivity (Wildman–Crippen MR) is 59.5 cm³/mol. The van der Waals surface area contributed by atoms with Crippen LogP contribution in [0.5, 0.6) is 0 Å². The summed E-state index contributed by atoms with van der Waals surface area (Å²) in [6.07, 6.45) is 2.34. The summed E-state index contributed by atoms with van der Waals surface area (Å²) in [6.45, 7) is 3.26. The molecule has 80 valence electrons. The van der Waals surface area contributed by atoms with Gasteiger partial charge in [-0.25, -0.2) is 0 Å². The van der Waals surface area contributed by atoms with Crippen molar-refractivity contribution in [3.8, 4) is 0 Å². The normalized spacial score (nSPS) is 25.4. The Balaban J connectivity index is 2.26. The van der Waals surface area contributed by atoms with E-state index in [1.165, 1.54) is 12.0 Å². The lowest BCUT2D eigenvalue weighted by atomic mass is 9.90. The van der Waals surface area contributed by atoms with E-state index < -0.39 is 0 Å². The molecule has 3 heteroatoms. The van der Waals surface area contributed by atoms with E-state index in [0.29, 0.717) is 5.56 Å². The fourth-order valence-corrected chi connectivity index (χ4v) is 2.14. The summed E-state index contributed by atoms with van der Waals surface area (Å²) in [5.74, 6) is -0.369. The lowest BCUT2D eigenvalue weighted by Gasteiger charge is -2.25. The van der Waals surface area contributed by atoms with E-state index in [0.717, 1.165) is 13.0 Å². The quantitative estimate of drug-likeness (QED) is 0.764. The molecule has 1 amide bonds. The SMILES string of the molecule is CC1(c2ccc(C(N)=O)cc2)CCCN1. The Kier molecular flexibility index (Phi) is 2.49. The Morgan fingerprint density at radius 3 is 2.53 bits per heavy atom. The number of carbonyl (C=O) groups is 1. The number of benzene rings is 1. The Morgan fingerprint density at radius 2 is 2.07 bits per heavy atom. The van der Waals surface area contributed by atoms with Gasteiger partial charge >= 0.3 is 0 Å². The molecule has 0 radical (unpaired) electrons. The molecule has 3 nitrogen and oxygen atoms in total. The number of amides is 1. The van der Waals surface area contributed by atoms with Crippen molar-refractivity contribution in [1.82, 2.24) is 5.32 Å². The van der Waals surface area contributed by atoms with E-state index >= 15 is 0 Å². The van der Waals surface area contributed by atoms with Gasteiger partial charge in [0.2, 0.25) is 5.91 Å². The highest BCUT2D eigenvalue weighted by Crippen LogP contribution is 2.30. The first-order chi connectivity index (χ1) is 7.12. The van der Waals surface area contributed by atoms with E-state index in [-0.39, 0.29) is 11.4 Å². The van der Waals surface area contributed by atoms with Crippen molar-refractivity contribution in [3.63, 3.8) is 0 Å². The smallest absolute Gasteiger partial charge is 0.248 e. The van der Waals surface area contributed by atoms with E-state index in [4.69, 9.17) is 5.73 Å². The molecule has 0 bridgehead atoms. The molecule has 1 aromatic rings. The van der Waals surface area contributed by atoms with Gasteiger partial charge in [0.15, 0.2) is 0 Å². The van der Waals surface area contributed by atoms with E-state index in [2.05, 4.69) is 12.2 Å². The van der Waals surface area contributed by atoms with Gasteiger partial charge in [-0.05, 0) is 44.0 Å². The first-order valence-corrected chi connectivity index (χ1v) is 5.27. The zero-order valence-electron chi connectivity index (χ0n) is 8.92. The Labute approximate surface area is 89.7 Å². The fraction of sp³-hybridized carbons (Fsp3) is 0.417. The predicted octanol–water partition coefficient (Wildman–Crippen LogP) is 1.38. The summed E-state index contributed by atoms with van der Waals surface area (Å²) in [4.78, 5) is 10.9. The summed E-state index contributed by atoms with van der Waals surface area (Å²) in [5.41, 5.74) is 7.06. The second-order valence-electron chi connectivity index (χ2n) is 4.30. The Morgan fingerprint density at radius 1 is 1.40 bits per heavy atom. The third-order valence-corrected chi connectivity index (χ3v) is 3.18. The van der Waals surface area contributed by atoms with Gasteiger partial charge in [-0.1, -0.05) is 12.1 Å². The minimum Gasteiger partial charge on any atom is -0.366 e. The molecule has 0 spiro atoms. The van der Waals surface area contributed by atoms with Gasteiger partial charge in [0, 0.05) is 11.1 Å². The van der Waals surface area contributed by atoms with Crippen molar-refractivity contribution in [1.29, 1.82) is 0 Å². The van der Waals surface area contributed by atoms with Crippen LogP contribution in [-0.4, -0.2) is 12.5 Å². The van der Waals surface area contributed by atoms with Gasteiger partial charge in [-0.15, -0.1) is 0 Å². The van der Waals surface area contributed by atoms with Gasteiger partial charge in [-0.2, -0.15) is 0 Å². The van der Waals surface area contributed by atoms with Crippen LogP contribution < -0.4 is 11.1 Å². The van der Waals surface area contributed by atoms with Crippen molar-refractivity contribution >= 4 is 5.91 Å². The van der Waals surface area contributed by atoms with Crippen LogP contribution in [0.15, 0.2) is 24.3 Å². The first-order valence-electron chi connectivity index (χ1n) is 5.27. The molecule has 1 fully saturated rings. The zero-order valence-corrected chi connectivity index (χ0v) is 8.92. The van der Waals surface area contributed by atoms with Crippen LogP contribution in [0.1, 0.15) is 35.7 Å². The van der Waals surface area contributed by atoms with Crippen LogP contribution >= 0.6 is 0 Å². The minimum absolute atomic E-state index is 0.0657. The number of primary amides is 1. The van der Waals surface area contributed by atoms with E-state index in [1.807, 2.05) is 12.1 Å². The van der Waals surface area contributed by atoms with Crippen LogP contribution in [0.25, 0.3) is 0 Å². The average molecular weight is 204 g/mol. The van der Waals surface area contributed by atoms with Crippen LogP contribution in [0.2, 0.25) is 0 Å². The standard InChI is InChI=1S/C12H16N2O/c1-12(7-2-8-14-12)10-5-3-9(4-6-10)11(13)15/h3-6,14H,2,7-8H2,1H3,(H2,13,15). The van der Waals surface area contributed by atoms with Crippen molar-refractivity contribution in [2.24, 2.45) is 5.73 Å². The first kappa shape index (κ1) is 10.2. The molecule has 1 atom stereocenters. The summed E-state index contributed by atoms with van der Waals surface area (Å²) < 4.78 is 0. The van der Waals surface area contributed by atoms with E-state index in [9.17, 15) is 4.79 Å². The molecule has 2 rings (SSSR count). The number of rotatable bonds is 2. The minimum atomic E-state index is -0.369. The van der Waals surface area contributed by atoms with Crippen LogP contribution in [0.4, 0.5) is 0 Å². The summed E-state index contributed by atoms with van der Waals surface area (Å²) >= 11 is 0. The lowest BCUT2D eigenvalue weighted by molar-refractivity contribution is 0.1000. The molecule has 1 aliphatic heterocycles. The number of hydrogen-bond donors (Lipinski definition) is 2. The molecule has 0 aliphatic carbocycles. The van der Waals surface area contributed by atoms with Crippen LogP contribution in [-0.2, 0) is 5.54 Å². The molecule has 15 heavy (non-hydrogen) atoms. The van der Waals surface area contributed by atoms with Crippen molar-refractivity contribution in [2.45, 2.75) is 25.3 Å². The van der Waals surface area contributed by atoms with Gasteiger partial charge in [0.05, 0.1) is 0 Å². The molecular weight excluding hydrogens is 188 g/mol. The third-order valence-electron chi connectivity index (χ3n) is 3.18. The number of nitrogens with two attached hydrogens (primary N) is 1. The molecule has 1 heterocycles. The number of hydrogen-bond acceptors (Lipinski definition) is 2. The highest BCUT2D eigenvalue weighted by atomic mass is 16.1. The topological polar surface area (TPSA) is 55.1 Å². The zero-order chi connectivity index (χ0) is 10.9. The van der Waals surface area contributed by atoms with E-state index in [1.54, 1.807) is 12.1 Å². The maximum absolute atomic E-state index is 10.9. The van der Waals surface area contributed by atoms with Crippen LogP contribution in [0.3, 0.4) is 0 Å². The molecule has 3 N–H and O–H groups in total. The summed E-state index contributed by atoms with van der Waals surface area (Å²) in [7, 11) is 0. The maximum Gasteiger partial charge on any atom is 0.248 e. The average Bonchev–Trinajstić information content (AvgIpc) is 2.67. The lowest BCUT2D eigenvalue weighted by Crippen LogP contribution is -2.33. The fourth-order valence-electron chi connectivity index (χ4n) is 2.14. The molecule has 0 saturated carbocycles. The van der Waals surface area contributed by atoms with Crippen molar-refractivity contribution in [2.75, 3.05) is 6.54 Å². The monoisotopic (exact) mass is 204 g/mol. The second-order valence-corrected chi connectivity index (χ2v) is 4.30. The molecule has 1 aliphatic rings.